The Bertz CT molecular complexity index is 449. The molecule has 1 fully saturated rings. The first-order chi connectivity index (χ1) is 7.58. The Morgan fingerprint density at radius 2 is 2.00 bits per heavy atom. The van der Waals surface area contributed by atoms with Crippen molar-refractivity contribution in [3.05, 3.63) is 28.7 Å². The molecule has 3 nitrogen and oxygen atoms in total. The smallest absolute Gasteiger partial charge is 0.178 e. The molecule has 1 aliphatic heterocycles. The minimum absolute atomic E-state index is 0.252. The lowest BCUT2D eigenvalue weighted by atomic mass is 10.2. The third-order valence-corrected chi connectivity index (χ3v) is 5.22. The molecule has 0 bridgehead atoms. The summed E-state index contributed by atoms with van der Waals surface area (Å²) in [5.41, 5.74) is 0. The molecule has 5 heteroatoms. The molecule has 0 spiro atoms. The van der Waals surface area contributed by atoms with Crippen molar-refractivity contribution in [3.63, 3.8) is 0 Å². The minimum Gasteiger partial charge on any atom is -0.316 e. The summed E-state index contributed by atoms with van der Waals surface area (Å²) in [4.78, 5) is 0.419. The second-order valence-electron chi connectivity index (χ2n) is 4.09. The third kappa shape index (κ3) is 2.84. The van der Waals surface area contributed by atoms with E-state index in [1.54, 1.807) is 24.3 Å². The third-order valence-electron chi connectivity index (χ3n) is 2.79. The van der Waals surface area contributed by atoms with Crippen molar-refractivity contribution >= 4 is 25.8 Å². The average molecular weight is 304 g/mol. The molecule has 0 saturated carbocycles. The van der Waals surface area contributed by atoms with Gasteiger partial charge in [-0.3, -0.25) is 0 Å². The van der Waals surface area contributed by atoms with Gasteiger partial charge in [-0.2, -0.15) is 0 Å². The van der Waals surface area contributed by atoms with Crippen LogP contribution in [0.3, 0.4) is 0 Å². The Morgan fingerprint density at radius 3 is 2.56 bits per heavy atom. The van der Waals surface area contributed by atoms with Gasteiger partial charge in [-0.25, -0.2) is 8.42 Å². The van der Waals surface area contributed by atoms with Crippen LogP contribution in [-0.2, 0) is 9.84 Å². The molecule has 0 aliphatic carbocycles. The predicted octanol–water partition coefficient (Wildman–Crippen LogP) is 1.83. The Kier molecular flexibility index (Phi) is 3.66. The minimum atomic E-state index is -3.12. The van der Waals surface area contributed by atoms with Crippen LogP contribution < -0.4 is 5.32 Å². The van der Waals surface area contributed by atoms with Crippen molar-refractivity contribution < 1.29 is 8.42 Å². The highest BCUT2D eigenvalue weighted by Crippen LogP contribution is 2.19. The fourth-order valence-corrected chi connectivity index (χ4v) is 3.82. The summed E-state index contributed by atoms with van der Waals surface area (Å²) in [7, 11) is -3.12. The quantitative estimate of drug-likeness (QED) is 0.927. The first-order valence-electron chi connectivity index (χ1n) is 5.27. The van der Waals surface area contributed by atoms with Gasteiger partial charge in [-0.15, -0.1) is 0 Å². The summed E-state index contributed by atoms with van der Waals surface area (Å²) in [6.45, 7) is 1.75. The number of nitrogens with one attached hydrogen (secondary N) is 1. The van der Waals surface area contributed by atoms with E-state index in [1.165, 1.54) is 0 Å². The van der Waals surface area contributed by atoms with Crippen LogP contribution in [0.5, 0.6) is 0 Å². The zero-order valence-electron chi connectivity index (χ0n) is 8.82. The molecule has 1 atom stereocenters. The van der Waals surface area contributed by atoms with Gasteiger partial charge in [0.15, 0.2) is 9.84 Å². The zero-order chi connectivity index (χ0) is 11.6. The van der Waals surface area contributed by atoms with Crippen LogP contribution in [-0.4, -0.2) is 27.3 Å². The molecule has 0 amide bonds. The lowest BCUT2D eigenvalue weighted by Crippen LogP contribution is -2.18. The van der Waals surface area contributed by atoms with Crippen LogP contribution in [0.1, 0.15) is 6.42 Å². The van der Waals surface area contributed by atoms with E-state index in [0.717, 1.165) is 24.0 Å². The largest absolute Gasteiger partial charge is 0.316 e. The molecule has 1 N–H and O–H groups in total. The lowest BCUT2D eigenvalue weighted by molar-refractivity contribution is 0.570. The number of hydrogen-bond acceptors (Lipinski definition) is 3. The Balaban J connectivity index is 2.14. The van der Waals surface area contributed by atoms with Crippen LogP contribution in [0.2, 0.25) is 0 Å². The second kappa shape index (κ2) is 4.85. The Morgan fingerprint density at radius 1 is 1.31 bits per heavy atom. The number of sulfone groups is 1. The van der Waals surface area contributed by atoms with E-state index < -0.39 is 9.84 Å². The second-order valence-corrected chi connectivity index (χ2v) is 7.04. The molecule has 1 unspecified atom stereocenters. The monoisotopic (exact) mass is 303 g/mol. The molecule has 1 aliphatic rings. The molecule has 0 radical (unpaired) electrons. The molecule has 1 heterocycles. The summed E-state index contributed by atoms with van der Waals surface area (Å²) in [5, 5.41) is 3.18. The maximum Gasteiger partial charge on any atom is 0.178 e. The van der Waals surface area contributed by atoms with E-state index in [-0.39, 0.29) is 11.7 Å². The van der Waals surface area contributed by atoms with Crippen molar-refractivity contribution in [2.24, 2.45) is 5.92 Å². The lowest BCUT2D eigenvalue weighted by Gasteiger charge is -2.09. The van der Waals surface area contributed by atoms with E-state index in [4.69, 9.17) is 0 Å². The Hall–Kier alpha value is -0.390. The van der Waals surface area contributed by atoms with Crippen molar-refractivity contribution in [2.45, 2.75) is 11.3 Å². The molecule has 1 aromatic rings. The number of hydrogen-bond donors (Lipinski definition) is 1. The maximum atomic E-state index is 12.1. The standard InChI is InChI=1S/C11H14BrNO2S/c12-10-1-3-11(4-2-10)16(14,15)8-9-5-6-13-7-9/h1-4,9,13H,5-8H2. The SMILES string of the molecule is O=S(=O)(CC1CCNC1)c1ccc(Br)cc1. The highest BCUT2D eigenvalue weighted by molar-refractivity contribution is 9.10. The van der Waals surface area contributed by atoms with Crippen molar-refractivity contribution in [2.75, 3.05) is 18.8 Å². The summed E-state index contributed by atoms with van der Waals surface area (Å²) < 4.78 is 25.0. The first kappa shape index (κ1) is 12.1. The highest BCUT2D eigenvalue weighted by atomic mass is 79.9. The average Bonchev–Trinajstić information content (AvgIpc) is 2.70. The summed E-state index contributed by atoms with van der Waals surface area (Å²) in [5.74, 6) is 0.510. The van der Waals surface area contributed by atoms with Gasteiger partial charge in [0, 0.05) is 4.47 Å². The Labute approximate surface area is 104 Å². The van der Waals surface area contributed by atoms with Gasteiger partial charge >= 0.3 is 0 Å². The fraction of sp³-hybridized carbons (Fsp3) is 0.455. The molecule has 1 saturated heterocycles. The maximum absolute atomic E-state index is 12.1. The molecule has 1 aromatic carbocycles. The zero-order valence-corrected chi connectivity index (χ0v) is 11.2. The van der Waals surface area contributed by atoms with E-state index in [9.17, 15) is 8.42 Å². The first-order valence-corrected chi connectivity index (χ1v) is 7.71. The van der Waals surface area contributed by atoms with Crippen LogP contribution in [0.4, 0.5) is 0 Å². The van der Waals surface area contributed by atoms with E-state index in [0.29, 0.717) is 4.90 Å². The van der Waals surface area contributed by atoms with Crippen LogP contribution in [0, 0.1) is 5.92 Å². The van der Waals surface area contributed by atoms with Gasteiger partial charge in [-0.1, -0.05) is 15.9 Å². The summed E-state index contributed by atoms with van der Waals surface area (Å²) >= 11 is 3.30. The van der Waals surface area contributed by atoms with Gasteiger partial charge in [0.25, 0.3) is 0 Å². The van der Waals surface area contributed by atoms with Crippen LogP contribution in [0.25, 0.3) is 0 Å². The predicted molar refractivity (Wildman–Crippen MR) is 67.2 cm³/mol. The summed E-state index contributed by atoms with van der Waals surface area (Å²) in [6, 6.07) is 6.84. The number of halogens is 1. The van der Waals surface area contributed by atoms with Gasteiger partial charge in [-0.05, 0) is 49.7 Å². The summed E-state index contributed by atoms with van der Waals surface area (Å²) in [6.07, 6.45) is 0.954. The molecule has 88 valence electrons. The van der Waals surface area contributed by atoms with Gasteiger partial charge in [0.1, 0.15) is 0 Å². The van der Waals surface area contributed by atoms with Gasteiger partial charge in [0.2, 0.25) is 0 Å². The molecule has 0 aromatic heterocycles. The highest BCUT2D eigenvalue weighted by Gasteiger charge is 2.23. The number of benzene rings is 1. The van der Waals surface area contributed by atoms with Crippen molar-refractivity contribution in [1.29, 1.82) is 0 Å². The van der Waals surface area contributed by atoms with E-state index in [2.05, 4.69) is 21.2 Å². The fourth-order valence-electron chi connectivity index (χ4n) is 1.91. The van der Waals surface area contributed by atoms with Crippen molar-refractivity contribution in [1.82, 2.24) is 5.32 Å². The van der Waals surface area contributed by atoms with Crippen molar-refractivity contribution in [3.8, 4) is 0 Å². The molecular weight excluding hydrogens is 290 g/mol. The topological polar surface area (TPSA) is 46.2 Å². The van der Waals surface area contributed by atoms with Gasteiger partial charge < -0.3 is 5.32 Å². The van der Waals surface area contributed by atoms with Gasteiger partial charge in [0.05, 0.1) is 10.6 Å². The van der Waals surface area contributed by atoms with E-state index in [1.807, 2.05) is 0 Å². The molecular formula is C11H14BrNO2S. The number of rotatable bonds is 3. The van der Waals surface area contributed by atoms with Crippen LogP contribution >= 0.6 is 15.9 Å². The normalized spacial score (nSPS) is 21.2. The van der Waals surface area contributed by atoms with E-state index >= 15 is 0 Å². The molecule has 2 rings (SSSR count). The molecule has 16 heavy (non-hydrogen) atoms. The van der Waals surface area contributed by atoms with Crippen LogP contribution in [0.15, 0.2) is 33.6 Å².